The van der Waals surface area contributed by atoms with E-state index in [0.717, 1.165) is 41.3 Å². The summed E-state index contributed by atoms with van der Waals surface area (Å²) in [5.74, 6) is -0.611. The Labute approximate surface area is 186 Å². The maximum Gasteiger partial charge on any atom is 0.242 e. The summed E-state index contributed by atoms with van der Waals surface area (Å²) >= 11 is 3.42. The summed E-state index contributed by atoms with van der Waals surface area (Å²) in [6.07, 6.45) is 5.59. The fourth-order valence-corrected chi connectivity index (χ4v) is 4.08. The average Bonchev–Trinajstić information content (AvgIpc) is 2.75. The van der Waals surface area contributed by atoms with Crippen LogP contribution in [0.15, 0.2) is 53.0 Å². The normalized spacial score (nSPS) is 15.4. The molecule has 1 saturated carbocycles. The summed E-state index contributed by atoms with van der Waals surface area (Å²) in [6, 6.07) is 13.2. The Kier molecular flexibility index (Phi) is 8.02. The standard InChI is InChI=1S/C24H28BrFN2O2/c1-17(24(30)27-22-5-3-2-4-6-22)28(16-19-7-11-20(25)12-8-19)23(29)15-18-9-13-21(26)14-10-18/h7-14,17,22H,2-6,15-16H2,1H3,(H,27,30)/t17-/m0/s1. The minimum atomic E-state index is -0.594. The number of benzene rings is 2. The van der Waals surface area contributed by atoms with Crippen LogP contribution in [0, 0.1) is 5.82 Å². The van der Waals surface area contributed by atoms with Gasteiger partial charge in [-0.3, -0.25) is 9.59 Å². The SMILES string of the molecule is C[C@@H](C(=O)NC1CCCCC1)N(Cc1ccc(Br)cc1)C(=O)Cc1ccc(F)cc1. The smallest absolute Gasteiger partial charge is 0.242 e. The Hall–Kier alpha value is -2.21. The zero-order chi connectivity index (χ0) is 21.5. The number of amides is 2. The summed E-state index contributed by atoms with van der Waals surface area (Å²) in [6.45, 7) is 2.12. The van der Waals surface area contributed by atoms with Gasteiger partial charge in [0.05, 0.1) is 6.42 Å². The molecule has 0 unspecified atom stereocenters. The molecule has 0 radical (unpaired) electrons. The minimum absolute atomic E-state index is 0.119. The van der Waals surface area contributed by atoms with Crippen LogP contribution in [0.2, 0.25) is 0 Å². The number of carbonyl (C=O) groups is 2. The third-order valence-electron chi connectivity index (χ3n) is 5.65. The van der Waals surface area contributed by atoms with Crippen LogP contribution in [-0.2, 0) is 22.6 Å². The summed E-state index contributed by atoms with van der Waals surface area (Å²) in [5, 5.41) is 3.13. The van der Waals surface area contributed by atoms with Crippen LogP contribution in [-0.4, -0.2) is 28.8 Å². The van der Waals surface area contributed by atoms with Gasteiger partial charge in [-0.15, -0.1) is 0 Å². The summed E-state index contributed by atoms with van der Waals surface area (Å²) in [4.78, 5) is 27.7. The maximum atomic E-state index is 13.2. The number of hydrogen-bond acceptors (Lipinski definition) is 2. The van der Waals surface area contributed by atoms with E-state index in [9.17, 15) is 14.0 Å². The van der Waals surface area contributed by atoms with Gasteiger partial charge in [0.1, 0.15) is 11.9 Å². The van der Waals surface area contributed by atoms with E-state index in [2.05, 4.69) is 21.2 Å². The van der Waals surface area contributed by atoms with E-state index in [1.165, 1.54) is 18.6 Å². The highest BCUT2D eigenvalue weighted by molar-refractivity contribution is 9.10. The second kappa shape index (κ2) is 10.7. The van der Waals surface area contributed by atoms with Gasteiger partial charge in [0, 0.05) is 17.1 Å². The van der Waals surface area contributed by atoms with E-state index in [4.69, 9.17) is 0 Å². The quantitative estimate of drug-likeness (QED) is 0.613. The second-order valence-corrected chi connectivity index (χ2v) is 8.89. The summed E-state index contributed by atoms with van der Waals surface area (Å²) < 4.78 is 14.2. The molecule has 0 spiro atoms. The van der Waals surface area contributed by atoms with E-state index < -0.39 is 6.04 Å². The maximum absolute atomic E-state index is 13.2. The van der Waals surface area contributed by atoms with Crippen molar-refractivity contribution in [2.45, 2.75) is 64.1 Å². The molecule has 0 aromatic heterocycles. The average molecular weight is 475 g/mol. The summed E-state index contributed by atoms with van der Waals surface area (Å²) in [7, 11) is 0. The molecule has 3 rings (SSSR count). The van der Waals surface area contributed by atoms with Crippen molar-refractivity contribution in [1.29, 1.82) is 0 Å². The zero-order valence-corrected chi connectivity index (χ0v) is 18.8. The third kappa shape index (κ3) is 6.39. The first-order valence-electron chi connectivity index (χ1n) is 10.5. The van der Waals surface area contributed by atoms with Crippen molar-refractivity contribution in [3.05, 3.63) is 69.9 Å². The number of nitrogens with one attached hydrogen (secondary N) is 1. The Morgan fingerprint density at radius 2 is 1.63 bits per heavy atom. The predicted octanol–water partition coefficient (Wildman–Crippen LogP) is 5.00. The van der Waals surface area contributed by atoms with Gasteiger partial charge in [0.15, 0.2) is 0 Å². The lowest BCUT2D eigenvalue weighted by atomic mass is 9.95. The topological polar surface area (TPSA) is 49.4 Å². The molecular weight excluding hydrogens is 447 g/mol. The van der Waals surface area contributed by atoms with E-state index in [1.807, 2.05) is 24.3 Å². The van der Waals surface area contributed by atoms with E-state index in [1.54, 1.807) is 24.0 Å². The highest BCUT2D eigenvalue weighted by atomic mass is 79.9. The highest BCUT2D eigenvalue weighted by Gasteiger charge is 2.28. The molecule has 2 amide bonds. The molecule has 6 heteroatoms. The molecule has 0 aliphatic heterocycles. The molecule has 1 atom stereocenters. The molecule has 4 nitrogen and oxygen atoms in total. The number of hydrogen-bond donors (Lipinski definition) is 1. The first-order chi connectivity index (χ1) is 14.4. The highest BCUT2D eigenvalue weighted by Crippen LogP contribution is 2.19. The second-order valence-electron chi connectivity index (χ2n) is 7.97. The van der Waals surface area contributed by atoms with Gasteiger partial charge < -0.3 is 10.2 Å². The Bertz CT molecular complexity index is 849. The molecule has 30 heavy (non-hydrogen) atoms. The molecule has 1 aliphatic carbocycles. The van der Waals surface area contributed by atoms with Crippen LogP contribution in [0.3, 0.4) is 0 Å². The van der Waals surface area contributed by atoms with Gasteiger partial charge in [-0.1, -0.05) is 59.5 Å². The van der Waals surface area contributed by atoms with Crippen molar-refractivity contribution in [2.24, 2.45) is 0 Å². The van der Waals surface area contributed by atoms with Gasteiger partial charge in [0.2, 0.25) is 11.8 Å². The Morgan fingerprint density at radius 3 is 2.27 bits per heavy atom. The van der Waals surface area contributed by atoms with Gasteiger partial charge in [0.25, 0.3) is 0 Å². The van der Waals surface area contributed by atoms with E-state index in [-0.39, 0.29) is 30.1 Å². The largest absolute Gasteiger partial charge is 0.352 e. The molecule has 0 saturated heterocycles. The fraction of sp³-hybridized carbons (Fsp3) is 0.417. The number of rotatable bonds is 7. The molecule has 2 aromatic carbocycles. The van der Waals surface area contributed by atoms with Crippen molar-refractivity contribution in [2.75, 3.05) is 0 Å². The van der Waals surface area contributed by atoms with Crippen molar-refractivity contribution in [1.82, 2.24) is 10.2 Å². The fourth-order valence-electron chi connectivity index (χ4n) is 3.82. The molecule has 0 bridgehead atoms. The van der Waals surface area contributed by atoms with E-state index >= 15 is 0 Å². The summed E-state index contributed by atoms with van der Waals surface area (Å²) in [5.41, 5.74) is 1.67. The van der Waals surface area contributed by atoms with Crippen LogP contribution in [0.5, 0.6) is 0 Å². The van der Waals surface area contributed by atoms with Crippen LogP contribution < -0.4 is 5.32 Å². The number of nitrogens with zero attached hydrogens (tertiary/aromatic N) is 1. The van der Waals surface area contributed by atoms with Crippen LogP contribution >= 0.6 is 15.9 Å². The van der Waals surface area contributed by atoms with Gasteiger partial charge in [-0.05, 0) is 55.2 Å². The first kappa shape index (κ1) is 22.5. The molecule has 160 valence electrons. The predicted molar refractivity (Wildman–Crippen MR) is 119 cm³/mol. The van der Waals surface area contributed by atoms with Gasteiger partial charge in [-0.2, -0.15) is 0 Å². The van der Waals surface area contributed by atoms with Crippen LogP contribution in [0.25, 0.3) is 0 Å². The molecule has 0 heterocycles. The van der Waals surface area contributed by atoms with Crippen LogP contribution in [0.4, 0.5) is 4.39 Å². The third-order valence-corrected chi connectivity index (χ3v) is 6.18. The Balaban J connectivity index is 1.74. The molecule has 1 aliphatic rings. The van der Waals surface area contributed by atoms with Crippen LogP contribution in [0.1, 0.15) is 50.2 Å². The lowest BCUT2D eigenvalue weighted by Crippen LogP contribution is -2.50. The number of halogens is 2. The Morgan fingerprint density at radius 1 is 1.03 bits per heavy atom. The van der Waals surface area contributed by atoms with Crippen molar-refractivity contribution in [3.63, 3.8) is 0 Å². The molecular formula is C24H28BrFN2O2. The van der Waals surface area contributed by atoms with Gasteiger partial charge in [-0.25, -0.2) is 4.39 Å². The monoisotopic (exact) mass is 474 g/mol. The van der Waals surface area contributed by atoms with Gasteiger partial charge >= 0.3 is 0 Å². The molecule has 2 aromatic rings. The van der Waals surface area contributed by atoms with Crippen molar-refractivity contribution >= 4 is 27.7 Å². The van der Waals surface area contributed by atoms with Crippen molar-refractivity contribution < 1.29 is 14.0 Å². The lowest BCUT2D eigenvalue weighted by molar-refractivity contribution is -0.140. The first-order valence-corrected chi connectivity index (χ1v) is 11.3. The van der Waals surface area contributed by atoms with E-state index in [0.29, 0.717) is 6.54 Å². The minimum Gasteiger partial charge on any atom is -0.352 e. The molecule has 1 N–H and O–H groups in total. The molecule has 1 fully saturated rings. The zero-order valence-electron chi connectivity index (χ0n) is 17.2. The lowest BCUT2D eigenvalue weighted by Gasteiger charge is -2.31. The van der Waals surface area contributed by atoms with Crippen molar-refractivity contribution in [3.8, 4) is 0 Å². The number of carbonyl (C=O) groups excluding carboxylic acids is 2.